The van der Waals surface area contributed by atoms with Crippen molar-refractivity contribution in [3.63, 3.8) is 0 Å². The molecule has 0 radical (unpaired) electrons. The van der Waals surface area contributed by atoms with Crippen molar-refractivity contribution in [1.82, 2.24) is 19.6 Å². The highest BCUT2D eigenvalue weighted by atomic mass is 19.4. The summed E-state index contributed by atoms with van der Waals surface area (Å²) >= 11 is 0. The van der Waals surface area contributed by atoms with Gasteiger partial charge in [-0.25, -0.2) is 4.99 Å². The molecule has 3 aliphatic heterocycles. The maximum Gasteiger partial charge on any atom is 0.416 e. The Bertz CT molecular complexity index is 1380. The molecule has 270 valence electrons. The normalized spacial score (nSPS) is 22.8. The molecular formula is C37H49F6N5O. The third-order valence-corrected chi connectivity index (χ3v) is 9.85. The van der Waals surface area contributed by atoms with Crippen LogP contribution in [0, 0.1) is 5.92 Å². The number of carbonyl (C=O) groups is 1. The van der Waals surface area contributed by atoms with Crippen molar-refractivity contribution in [3.8, 4) is 0 Å². The van der Waals surface area contributed by atoms with Gasteiger partial charge in [-0.2, -0.15) is 26.3 Å². The Labute approximate surface area is 286 Å². The first-order valence-corrected chi connectivity index (χ1v) is 17.1. The zero-order valence-electron chi connectivity index (χ0n) is 28.8. The predicted molar refractivity (Wildman–Crippen MR) is 182 cm³/mol. The Hall–Kier alpha value is -3.38. The number of piperidine rings is 2. The number of rotatable bonds is 9. The van der Waals surface area contributed by atoms with Crippen LogP contribution in [0.1, 0.15) is 74.4 Å². The van der Waals surface area contributed by atoms with Gasteiger partial charge in [0.1, 0.15) is 5.84 Å². The third kappa shape index (κ3) is 10.6. The number of halogens is 6. The number of piperazine rings is 1. The zero-order valence-corrected chi connectivity index (χ0v) is 28.8. The molecule has 49 heavy (non-hydrogen) atoms. The number of hydrogen-bond acceptors (Lipinski definition) is 4. The number of likely N-dealkylation sites (tertiary alicyclic amines) is 2. The van der Waals surface area contributed by atoms with E-state index < -0.39 is 41.0 Å². The second-order valence-corrected chi connectivity index (χ2v) is 13.4. The summed E-state index contributed by atoms with van der Waals surface area (Å²) in [5, 5.41) is 0. The fourth-order valence-corrected chi connectivity index (χ4v) is 7.35. The molecule has 1 aromatic rings. The van der Waals surface area contributed by atoms with E-state index in [4.69, 9.17) is 0 Å². The standard InChI is InChI=1S/C37H49F6N5O/c1-6-8-26(3)20-34-21-29(10-15-48(34)35(49)30-22-31(36(38,39)40)24-32(23-30)37(41,42)43)25-45-16-18-47(19-17-45)33-11-13-46(14-12-33)28(5)44-27(4)9-7-2/h6-9,22-24,29,33-34H,3-4,10-21,25H2,1-2,5H3/b8-6-,9-7-,44-28?. The minimum absolute atomic E-state index is 0.0535. The Kier molecular flexibility index (Phi) is 13.0. The lowest BCUT2D eigenvalue weighted by molar-refractivity contribution is -0.143. The third-order valence-electron chi connectivity index (χ3n) is 9.85. The van der Waals surface area contributed by atoms with E-state index in [0.717, 1.165) is 75.8 Å². The first-order valence-electron chi connectivity index (χ1n) is 17.1. The molecule has 12 heteroatoms. The highest BCUT2D eigenvalue weighted by Gasteiger charge is 2.40. The van der Waals surface area contributed by atoms with Gasteiger partial charge in [-0.05, 0) is 83.1 Å². The van der Waals surface area contributed by atoms with E-state index in [1.54, 1.807) is 0 Å². The number of carbonyl (C=O) groups excluding carboxylic acids is 1. The Morgan fingerprint density at radius 2 is 1.45 bits per heavy atom. The molecule has 0 bridgehead atoms. The summed E-state index contributed by atoms with van der Waals surface area (Å²) in [6, 6.07) is 1.24. The van der Waals surface area contributed by atoms with Crippen LogP contribution in [-0.2, 0) is 12.4 Å². The molecule has 0 aliphatic carbocycles. The fraction of sp³-hybridized carbons (Fsp3) is 0.568. The van der Waals surface area contributed by atoms with Gasteiger partial charge in [-0.1, -0.05) is 37.0 Å². The van der Waals surface area contributed by atoms with Crippen LogP contribution in [0.5, 0.6) is 0 Å². The molecule has 4 rings (SSSR count). The van der Waals surface area contributed by atoms with Crippen LogP contribution in [-0.4, -0.2) is 95.8 Å². The Morgan fingerprint density at radius 1 is 0.857 bits per heavy atom. The predicted octanol–water partition coefficient (Wildman–Crippen LogP) is 8.06. The molecular weight excluding hydrogens is 644 g/mol. The van der Waals surface area contributed by atoms with Gasteiger partial charge in [0, 0.05) is 70.0 Å². The van der Waals surface area contributed by atoms with Crippen molar-refractivity contribution >= 4 is 11.7 Å². The number of alkyl halides is 6. The number of nitrogens with zero attached hydrogens (tertiary/aromatic N) is 5. The highest BCUT2D eigenvalue weighted by Crippen LogP contribution is 2.37. The average Bonchev–Trinajstić information content (AvgIpc) is 3.04. The van der Waals surface area contributed by atoms with Gasteiger partial charge < -0.3 is 14.7 Å². The maximum absolute atomic E-state index is 13.6. The number of benzene rings is 1. The van der Waals surface area contributed by atoms with E-state index in [0.29, 0.717) is 37.4 Å². The van der Waals surface area contributed by atoms with Crippen LogP contribution in [0.2, 0.25) is 0 Å². The smallest absolute Gasteiger partial charge is 0.360 e. The van der Waals surface area contributed by atoms with E-state index in [1.807, 2.05) is 45.1 Å². The van der Waals surface area contributed by atoms with E-state index in [1.165, 1.54) is 4.90 Å². The van der Waals surface area contributed by atoms with Crippen molar-refractivity contribution in [2.75, 3.05) is 52.4 Å². The monoisotopic (exact) mass is 693 g/mol. The molecule has 3 saturated heterocycles. The number of aliphatic imine (C=N–C) groups is 1. The van der Waals surface area contributed by atoms with E-state index in [-0.39, 0.29) is 18.5 Å². The molecule has 1 aromatic carbocycles. The minimum atomic E-state index is -5.03. The lowest BCUT2D eigenvalue weighted by atomic mass is 9.86. The molecule has 0 N–H and O–H groups in total. The van der Waals surface area contributed by atoms with Gasteiger partial charge >= 0.3 is 12.4 Å². The van der Waals surface area contributed by atoms with Gasteiger partial charge in [0.2, 0.25) is 0 Å². The first-order chi connectivity index (χ1) is 23.1. The van der Waals surface area contributed by atoms with Gasteiger partial charge in [-0.3, -0.25) is 9.69 Å². The molecule has 3 heterocycles. The van der Waals surface area contributed by atoms with E-state index in [2.05, 4.69) is 32.9 Å². The lowest BCUT2D eigenvalue weighted by Gasteiger charge is -2.45. The second-order valence-electron chi connectivity index (χ2n) is 13.4. The van der Waals surface area contributed by atoms with Crippen LogP contribution in [0.15, 0.2) is 71.9 Å². The van der Waals surface area contributed by atoms with Crippen molar-refractivity contribution in [2.24, 2.45) is 10.9 Å². The zero-order chi connectivity index (χ0) is 35.9. The van der Waals surface area contributed by atoms with E-state index in [9.17, 15) is 31.1 Å². The molecule has 1 amide bonds. The summed E-state index contributed by atoms with van der Waals surface area (Å²) in [6.45, 7) is 20.6. The summed E-state index contributed by atoms with van der Waals surface area (Å²) < 4.78 is 81.3. The molecule has 2 unspecified atom stereocenters. The molecule has 6 nitrogen and oxygen atoms in total. The SMILES string of the molecule is C=C(/C=C\C)CC1CC(CN2CCN(C3CCN(C(C)=NC(=C)/C=C\C)CC3)CC2)CCN1C(=O)c1cc(C(F)(F)F)cc(C(F)(F)F)c1. The maximum atomic E-state index is 13.6. The number of allylic oxidation sites excluding steroid dienone is 4. The summed E-state index contributed by atoms with van der Waals surface area (Å²) in [7, 11) is 0. The van der Waals surface area contributed by atoms with Crippen LogP contribution in [0.25, 0.3) is 0 Å². The van der Waals surface area contributed by atoms with Crippen molar-refractivity contribution in [1.29, 1.82) is 0 Å². The average molecular weight is 694 g/mol. The summed E-state index contributed by atoms with van der Waals surface area (Å²) in [5.74, 6) is 0.402. The molecule has 0 spiro atoms. The topological polar surface area (TPSA) is 42.4 Å². The summed E-state index contributed by atoms with van der Waals surface area (Å²) in [4.78, 5) is 27.0. The quantitative estimate of drug-likeness (QED) is 0.114. The first kappa shape index (κ1) is 38.4. The lowest BCUT2D eigenvalue weighted by Crippen LogP contribution is -2.55. The van der Waals surface area contributed by atoms with Crippen LogP contribution in [0.4, 0.5) is 26.3 Å². The van der Waals surface area contributed by atoms with Crippen molar-refractivity contribution in [3.05, 3.63) is 83.6 Å². The van der Waals surface area contributed by atoms with Crippen LogP contribution < -0.4 is 0 Å². The Balaban J connectivity index is 1.37. The Morgan fingerprint density at radius 3 is 2.00 bits per heavy atom. The van der Waals surface area contributed by atoms with Crippen LogP contribution in [0.3, 0.4) is 0 Å². The molecule has 0 saturated carbocycles. The van der Waals surface area contributed by atoms with Gasteiger partial charge in [-0.15, -0.1) is 0 Å². The summed E-state index contributed by atoms with van der Waals surface area (Å²) in [6.07, 6.45) is 1.14. The van der Waals surface area contributed by atoms with Gasteiger partial charge in [0.15, 0.2) is 0 Å². The van der Waals surface area contributed by atoms with Crippen molar-refractivity contribution < 1.29 is 31.1 Å². The van der Waals surface area contributed by atoms with Crippen molar-refractivity contribution in [2.45, 2.75) is 77.3 Å². The molecule has 0 aromatic heterocycles. The minimum Gasteiger partial charge on any atom is -0.360 e. The van der Waals surface area contributed by atoms with Crippen LogP contribution >= 0.6 is 0 Å². The highest BCUT2D eigenvalue weighted by molar-refractivity contribution is 5.95. The fourth-order valence-electron chi connectivity index (χ4n) is 7.35. The number of hydrogen-bond donors (Lipinski definition) is 0. The van der Waals surface area contributed by atoms with Gasteiger partial charge in [0.25, 0.3) is 5.91 Å². The largest absolute Gasteiger partial charge is 0.416 e. The van der Waals surface area contributed by atoms with E-state index >= 15 is 0 Å². The second kappa shape index (κ2) is 16.6. The molecule has 3 fully saturated rings. The summed E-state index contributed by atoms with van der Waals surface area (Å²) in [5.41, 5.74) is -2.09. The molecule has 3 aliphatic rings. The molecule has 2 atom stereocenters. The van der Waals surface area contributed by atoms with Gasteiger partial charge in [0.05, 0.1) is 16.8 Å². The number of amidine groups is 1. The number of amides is 1.